The second-order valence-electron chi connectivity index (χ2n) is 4.50. The van der Waals surface area contributed by atoms with Crippen molar-refractivity contribution in [2.45, 2.75) is 25.3 Å². The first kappa shape index (κ1) is 11.1. The number of hydrogen-bond acceptors (Lipinski definition) is 3. The Morgan fingerprint density at radius 3 is 2.87 bits per heavy atom. The maximum absolute atomic E-state index is 5.87. The van der Waals surface area contributed by atoms with Crippen LogP contribution >= 0.6 is 11.3 Å². The predicted molar refractivity (Wildman–Crippen MR) is 66.1 cm³/mol. The largest absolute Gasteiger partial charge is 0.329 e. The van der Waals surface area contributed by atoms with Crippen LogP contribution in [-0.4, -0.2) is 25.0 Å². The summed E-state index contributed by atoms with van der Waals surface area (Å²) in [5.41, 5.74) is 5.87. The zero-order valence-corrected chi connectivity index (χ0v) is 10.2. The molecule has 1 aromatic heterocycles. The van der Waals surface area contributed by atoms with Gasteiger partial charge >= 0.3 is 0 Å². The van der Waals surface area contributed by atoms with Gasteiger partial charge in [-0.15, -0.1) is 11.3 Å². The molecule has 0 aliphatic heterocycles. The van der Waals surface area contributed by atoms with E-state index in [9.17, 15) is 0 Å². The molecule has 1 aromatic rings. The SMILES string of the molecule is CN(CC1CCC1)C(CN)c1cccs1. The topological polar surface area (TPSA) is 29.3 Å². The fourth-order valence-corrected chi connectivity index (χ4v) is 3.11. The predicted octanol–water partition coefficient (Wildman–Crippen LogP) is 2.48. The van der Waals surface area contributed by atoms with Gasteiger partial charge in [0.25, 0.3) is 0 Å². The second kappa shape index (κ2) is 5.10. The standard InChI is InChI=1S/C12H20N2S/c1-14(9-10-4-2-5-10)11(8-13)12-6-3-7-15-12/h3,6-7,10-11H,2,4-5,8-9,13H2,1H3. The maximum atomic E-state index is 5.87. The maximum Gasteiger partial charge on any atom is 0.0561 e. The van der Waals surface area contributed by atoms with E-state index in [1.807, 2.05) is 11.3 Å². The Hall–Kier alpha value is -0.380. The number of hydrogen-bond donors (Lipinski definition) is 1. The smallest absolute Gasteiger partial charge is 0.0561 e. The summed E-state index contributed by atoms with van der Waals surface area (Å²) in [5.74, 6) is 0.920. The van der Waals surface area contributed by atoms with Crippen LogP contribution in [0.3, 0.4) is 0 Å². The number of thiophene rings is 1. The van der Waals surface area contributed by atoms with Gasteiger partial charge in [0.05, 0.1) is 6.04 Å². The van der Waals surface area contributed by atoms with E-state index in [2.05, 4.69) is 29.5 Å². The minimum Gasteiger partial charge on any atom is -0.329 e. The molecule has 1 aliphatic carbocycles. The molecule has 0 amide bonds. The van der Waals surface area contributed by atoms with Crippen molar-refractivity contribution in [2.75, 3.05) is 20.1 Å². The first-order chi connectivity index (χ1) is 7.31. The van der Waals surface area contributed by atoms with E-state index < -0.39 is 0 Å². The third-order valence-corrected chi connectivity index (χ3v) is 4.37. The highest BCUT2D eigenvalue weighted by Gasteiger charge is 2.23. The van der Waals surface area contributed by atoms with Crippen LogP contribution in [0.4, 0.5) is 0 Å². The zero-order valence-electron chi connectivity index (χ0n) is 9.36. The molecule has 2 N–H and O–H groups in total. The highest BCUT2D eigenvalue weighted by atomic mass is 32.1. The Labute approximate surface area is 96.1 Å². The molecule has 0 spiro atoms. The van der Waals surface area contributed by atoms with Crippen molar-refractivity contribution < 1.29 is 0 Å². The van der Waals surface area contributed by atoms with Crippen molar-refractivity contribution >= 4 is 11.3 Å². The van der Waals surface area contributed by atoms with Gasteiger partial charge in [0.2, 0.25) is 0 Å². The molecule has 1 atom stereocenters. The first-order valence-electron chi connectivity index (χ1n) is 5.75. The van der Waals surface area contributed by atoms with Gasteiger partial charge in [-0.1, -0.05) is 12.5 Å². The van der Waals surface area contributed by atoms with Crippen LogP contribution in [0.1, 0.15) is 30.2 Å². The lowest BCUT2D eigenvalue weighted by Crippen LogP contribution is -2.35. The van der Waals surface area contributed by atoms with Gasteiger partial charge in [0.1, 0.15) is 0 Å². The van der Waals surface area contributed by atoms with Crippen LogP contribution in [0.25, 0.3) is 0 Å². The number of nitrogens with two attached hydrogens (primary N) is 1. The molecule has 1 saturated carbocycles. The monoisotopic (exact) mass is 224 g/mol. The lowest BCUT2D eigenvalue weighted by atomic mass is 9.85. The highest BCUT2D eigenvalue weighted by molar-refractivity contribution is 7.10. The van der Waals surface area contributed by atoms with Crippen LogP contribution in [0, 0.1) is 5.92 Å². The lowest BCUT2D eigenvalue weighted by Gasteiger charge is -2.34. The van der Waals surface area contributed by atoms with Crippen LogP contribution in [0.2, 0.25) is 0 Å². The van der Waals surface area contributed by atoms with Gasteiger partial charge in [-0.3, -0.25) is 4.90 Å². The molecule has 84 valence electrons. The molecule has 0 bridgehead atoms. The third kappa shape index (κ3) is 2.60. The van der Waals surface area contributed by atoms with Gasteiger partial charge in [-0.25, -0.2) is 0 Å². The minimum absolute atomic E-state index is 0.422. The molecule has 1 aliphatic rings. The molecule has 1 unspecified atom stereocenters. The second-order valence-corrected chi connectivity index (χ2v) is 5.48. The van der Waals surface area contributed by atoms with Gasteiger partial charge in [0.15, 0.2) is 0 Å². The fourth-order valence-electron chi connectivity index (χ4n) is 2.20. The molecule has 2 nitrogen and oxygen atoms in total. The van der Waals surface area contributed by atoms with Crippen LogP contribution in [-0.2, 0) is 0 Å². The zero-order chi connectivity index (χ0) is 10.7. The summed E-state index contributed by atoms with van der Waals surface area (Å²) >= 11 is 1.81. The van der Waals surface area contributed by atoms with Crippen molar-refractivity contribution in [3.63, 3.8) is 0 Å². The van der Waals surface area contributed by atoms with Crippen LogP contribution < -0.4 is 5.73 Å². The average molecular weight is 224 g/mol. The van der Waals surface area contributed by atoms with Crippen molar-refractivity contribution in [3.05, 3.63) is 22.4 Å². The summed E-state index contributed by atoms with van der Waals surface area (Å²) in [7, 11) is 2.20. The van der Waals surface area contributed by atoms with Gasteiger partial charge < -0.3 is 5.73 Å². The molecule has 3 heteroatoms. The highest BCUT2D eigenvalue weighted by Crippen LogP contribution is 2.30. The van der Waals surface area contributed by atoms with E-state index in [4.69, 9.17) is 5.73 Å². The molecular weight excluding hydrogens is 204 g/mol. The minimum atomic E-state index is 0.422. The number of likely N-dealkylation sites (N-methyl/N-ethyl adjacent to an activating group) is 1. The quantitative estimate of drug-likeness (QED) is 0.832. The van der Waals surface area contributed by atoms with Gasteiger partial charge in [0, 0.05) is 18.0 Å². The van der Waals surface area contributed by atoms with Crippen molar-refractivity contribution in [2.24, 2.45) is 11.7 Å². The summed E-state index contributed by atoms with van der Waals surface area (Å²) < 4.78 is 0. The fraction of sp³-hybridized carbons (Fsp3) is 0.667. The van der Waals surface area contributed by atoms with Gasteiger partial charge in [-0.05, 0) is 37.3 Å². The van der Waals surface area contributed by atoms with Crippen LogP contribution in [0.5, 0.6) is 0 Å². The third-order valence-electron chi connectivity index (χ3n) is 3.40. The van der Waals surface area contributed by atoms with E-state index in [-0.39, 0.29) is 0 Å². The van der Waals surface area contributed by atoms with E-state index in [0.717, 1.165) is 12.5 Å². The summed E-state index contributed by atoms with van der Waals surface area (Å²) in [6, 6.07) is 4.73. The Kier molecular flexibility index (Phi) is 3.78. The molecule has 2 rings (SSSR count). The Bertz CT molecular complexity index is 280. The summed E-state index contributed by atoms with van der Waals surface area (Å²) in [6.07, 6.45) is 4.24. The van der Waals surface area contributed by atoms with Crippen LogP contribution in [0.15, 0.2) is 17.5 Å². The number of nitrogens with zero attached hydrogens (tertiary/aromatic N) is 1. The summed E-state index contributed by atoms with van der Waals surface area (Å²) in [4.78, 5) is 3.83. The van der Waals surface area contributed by atoms with Crippen molar-refractivity contribution in [1.29, 1.82) is 0 Å². The van der Waals surface area contributed by atoms with Crippen molar-refractivity contribution in [1.82, 2.24) is 4.90 Å². The summed E-state index contributed by atoms with van der Waals surface area (Å²) in [6.45, 7) is 1.93. The Morgan fingerprint density at radius 1 is 1.60 bits per heavy atom. The lowest BCUT2D eigenvalue weighted by molar-refractivity contribution is 0.166. The van der Waals surface area contributed by atoms with E-state index >= 15 is 0 Å². The summed E-state index contributed by atoms with van der Waals surface area (Å²) in [5, 5.41) is 2.13. The van der Waals surface area contributed by atoms with E-state index in [1.54, 1.807) is 0 Å². The Balaban J connectivity index is 1.93. The molecule has 0 aromatic carbocycles. The van der Waals surface area contributed by atoms with Gasteiger partial charge in [-0.2, -0.15) is 0 Å². The average Bonchev–Trinajstić information content (AvgIpc) is 2.66. The molecule has 0 saturated heterocycles. The van der Waals surface area contributed by atoms with Crippen molar-refractivity contribution in [3.8, 4) is 0 Å². The molecule has 15 heavy (non-hydrogen) atoms. The normalized spacial score (nSPS) is 19.1. The number of rotatable bonds is 5. The molecule has 1 fully saturated rings. The van der Waals surface area contributed by atoms with E-state index in [1.165, 1.54) is 30.7 Å². The molecule has 0 radical (unpaired) electrons. The first-order valence-corrected chi connectivity index (χ1v) is 6.63. The molecule has 1 heterocycles. The molecular formula is C12H20N2S. The Morgan fingerprint density at radius 2 is 2.40 bits per heavy atom. The van der Waals surface area contributed by atoms with E-state index in [0.29, 0.717) is 6.04 Å².